The third-order valence-electron chi connectivity index (χ3n) is 5.84. The highest BCUT2D eigenvalue weighted by atomic mass is 32.1. The molecular formula is C29H24N2O3S. The van der Waals surface area contributed by atoms with Gasteiger partial charge >= 0.3 is 5.97 Å². The molecular weight excluding hydrogens is 456 g/mol. The monoisotopic (exact) mass is 480 g/mol. The number of esters is 1. The summed E-state index contributed by atoms with van der Waals surface area (Å²) in [5.41, 5.74) is 5.50. The standard InChI is InChI=1S/C29H24N2O3S/c1-2-16-34-29(33)24-10-8-20(9-11-24)17-31-19-30-27-26(28(31)32)25(18-35-27)23-14-12-22(13-15-23)21-6-4-3-5-7-21/h3-15,18-19H,2,16-17H2,1H3. The first-order valence-corrected chi connectivity index (χ1v) is 12.4. The van der Waals surface area contributed by atoms with E-state index in [2.05, 4.69) is 41.4 Å². The number of hydrogen-bond donors (Lipinski definition) is 0. The van der Waals surface area contributed by atoms with Crippen LogP contribution in [0.1, 0.15) is 29.3 Å². The predicted octanol–water partition coefficient (Wildman–Crippen LogP) is 6.41. The van der Waals surface area contributed by atoms with Gasteiger partial charge < -0.3 is 4.74 Å². The molecule has 35 heavy (non-hydrogen) atoms. The van der Waals surface area contributed by atoms with Crippen molar-refractivity contribution in [1.29, 1.82) is 0 Å². The van der Waals surface area contributed by atoms with Crippen LogP contribution in [0.3, 0.4) is 0 Å². The van der Waals surface area contributed by atoms with E-state index >= 15 is 0 Å². The minimum atomic E-state index is -0.333. The molecule has 0 N–H and O–H groups in total. The molecule has 0 fully saturated rings. The molecule has 0 saturated heterocycles. The Kier molecular flexibility index (Phi) is 6.55. The molecule has 5 rings (SSSR count). The lowest BCUT2D eigenvalue weighted by atomic mass is 10.0. The lowest BCUT2D eigenvalue weighted by Crippen LogP contribution is -2.21. The Morgan fingerprint density at radius 3 is 2.31 bits per heavy atom. The number of rotatable bonds is 7. The smallest absolute Gasteiger partial charge is 0.338 e. The fraction of sp³-hybridized carbons (Fsp3) is 0.138. The maximum Gasteiger partial charge on any atom is 0.338 e. The molecule has 0 aliphatic heterocycles. The van der Waals surface area contributed by atoms with E-state index in [4.69, 9.17) is 4.74 Å². The number of benzene rings is 3. The lowest BCUT2D eigenvalue weighted by molar-refractivity contribution is 0.0505. The second-order valence-electron chi connectivity index (χ2n) is 8.28. The van der Waals surface area contributed by atoms with Crippen LogP contribution in [0.15, 0.2) is 95.4 Å². The van der Waals surface area contributed by atoms with Gasteiger partial charge in [0.15, 0.2) is 0 Å². The molecule has 3 aromatic carbocycles. The summed E-state index contributed by atoms with van der Waals surface area (Å²) in [5, 5.41) is 2.63. The molecule has 0 aliphatic rings. The van der Waals surface area contributed by atoms with Crippen molar-refractivity contribution in [1.82, 2.24) is 9.55 Å². The average Bonchev–Trinajstić information content (AvgIpc) is 3.35. The van der Waals surface area contributed by atoms with Gasteiger partial charge in [0.2, 0.25) is 0 Å². The number of ether oxygens (including phenoxy) is 1. The molecule has 2 aromatic heterocycles. The summed E-state index contributed by atoms with van der Waals surface area (Å²) >= 11 is 1.47. The maximum absolute atomic E-state index is 13.4. The lowest BCUT2D eigenvalue weighted by Gasteiger charge is -2.08. The van der Waals surface area contributed by atoms with E-state index in [-0.39, 0.29) is 11.5 Å². The number of carbonyl (C=O) groups is 1. The number of fused-ring (bicyclic) bond motifs is 1. The third kappa shape index (κ3) is 4.79. The molecule has 5 aromatic rings. The third-order valence-corrected chi connectivity index (χ3v) is 6.73. The van der Waals surface area contributed by atoms with E-state index < -0.39 is 0 Å². The number of aromatic nitrogens is 2. The van der Waals surface area contributed by atoms with Crippen molar-refractivity contribution in [3.8, 4) is 22.3 Å². The van der Waals surface area contributed by atoms with Gasteiger partial charge in [0, 0.05) is 10.9 Å². The molecule has 6 heteroatoms. The molecule has 0 bridgehead atoms. The van der Waals surface area contributed by atoms with Crippen molar-refractivity contribution in [2.24, 2.45) is 0 Å². The van der Waals surface area contributed by atoms with Crippen LogP contribution >= 0.6 is 11.3 Å². The van der Waals surface area contributed by atoms with Crippen LogP contribution in [0, 0.1) is 0 Å². The highest BCUT2D eigenvalue weighted by Crippen LogP contribution is 2.32. The van der Waals surface area contributed by atoms with E-state index in [0.29, 0.717) is 24.1 Å². The Balaban J connectivity index is 1.42. The molecule has 0 atom stereocenters. The Bertz CT molecular complexity index is 1520. The van der Waals surface area contributed by atoms with Crippen molar-refractivity contribution in [3.63, 3.8) is 0 Å². The summed E-state index contributed by atoms with van der Waals surface area (Å²) in [4.78, 5) is 30.7. The summed E-state index contributed by atoms with van der Waals surface area (Å²) in [6.07, 6.45) is 2.37. The Morgan fingerprint density at radius 1 is 0.914 bits per heavy atom. The van der Waals surface area contributed by atoms with Crippen molar-refractivity contribution in [2.75, 3.05) is 6.61 Å². The van der Waals surface area contributed by atoms with Crippen LogP contribution in [0.2, 0.25) is 0 Å². The highest BCUT2D eigenvalue weighted by Gasteiger charge is 2.14. The van der Waals surface area contributed by atoms with E-state index in [0.717, 1.165) is 39.1 Å². The van der Waals surface area contributed by atoms with Crippen molar-refractivity contribution in [2.45, 2.75) is 19.9 Å². The van der Waals surface area contributed by atoms with Crippen LogP contribution in [0.4, 0.5) is 0 Å². The minimum Gasteiger partial charge on any atom is -0.462 e. The molecule has 174 valence electrons. The SMILES string of the molecule is CCCOC(=O)c1ccc(Cn2cnc3scc(-c4ccc(-c5ccccc5)cc4)c3c2=O)cc1. The maximum atomic E-state index is 13.4. The van der Waals surface area contributed by atoms with E-state index in [1.165, 1.54) is 11.3 Å². The summed E-state index contributed by atoms with van der Waals surface area (Å²) in [7, 11) is 0. The normalized spacial score (nSPS) is 11.0. The molecule has 5 nitrogen and oxygen atoms in total. The number of hydrogen-bond acceptors (Lipinski definition) is 5. The zero-order valence-corrected chi connectivity index (χ0v) is 20.1. The molecule has 2 heterocycles. The van der Waals surface area contributed by atoms with Gasteiger partial charge in [-0.25, -0.2) is 9.78 Å². The van der Waals surface area contributed by atoms with Gasteiger partial charge in [-0.1, -0.05) is 73.7 Å². The Hall–Kier alpha value is -4.03. The number of carbonyl (C=O) groups excluding carboxylic acids is 1. The second-order valence-corrected chi connectivity index (χ2v) is 9.14. The molecule has 0 radical (unpaired) electrons. The Morgan fingerprint density at radius 2 is 1.60 bits per heavy atom. The van der Waals surface area contributed by atoms with Gasteiger partial charge in [-0.3, -0.25) is 9.36 Å². The zero-order chi connectivity index (χ0) is 24.2. The summed E-state index contributed by atoms with van der Waals surface area (Å²) in [6, 6.07) is 25.6. The van der Waals surface area contributed by atoms with Crippen LogP contribution in [0.25, 0.3) is 32.5 Å². The summed E-state index contributed by atoms with van der Waals surface area (Å²) < 4.78 is 6.79. The quantitative estimate of drug-likeness (QED) is 0.253. The van der Waals surface area contributed by atoms with Crippen LogP contribution in [-0.4, -0.2) is 22.1 Å². The fourth-order valence-electron chi connectivity index (χ4n) is 3.99. The largest absolute Gasteiger partial charge is 0.462 e. The summed E-state index contributed by atoms with van der Waals surface area (Å²) in [6.45, 7) is 2.73. The molecule has 0 amide bonds. The fourth-order valence-corrected chi connectivity index (χ4v) is 4.89. The molecule has 0 aliphatic carbocycles. The minimum absolute atomic E-state index is 0.0789. The molecule has 0 saturated carbocycles. The number of nitrogens with zero attached hydrogens (tertiary/aromatic N) is 2. The van der Waals surface area contributed by atoms with Gasteiger partial charge in [0.1, 0.15) is 4.83 Å². The van der Waals surface area contributed by atoms with Gasteiger partial charge in [-0.05, 0) is 40.8 Å². The first-order valence-electron chi connectivity index (χ1n) is 11.5. The van der Waals surface area contributed by atoms with Gasteiger partial charge in [0.25, 0.3) is 5.56 Å². The summed E-state index contributed by atoms with van der Waals surface area (Å²) in [5.74, 6) is -0.333. The van der Waals surface area contributed by atoms with Gasteiger partial charge in [-0.15, -0.1) is 11.3 Å². The van der Waals surface area contributed by atoms with E-state index in [9.17, 15) is 9.59 Å². The first kappa shape index (κ1) is 22.7. The van der Waals surface area contributed by atoms with Crippen LogP contribution < -0.4 is 5.56 Å². The zero-order valence-electron chi connectivity index (χ0n) is 19.3. The second kappa shape index (κ2) is 10.1. The van der Waals surface area contributed by atoms with Crippen molar-refractivity contribution in [3.05, 3.63) is 112 Å². The predicted molar refractivity (Wildman–Crippen MR) is 141 cm³/mol. The molecule has 0 spiro atoms. The van der Waals surface area contributed by atoms with Crippen LogP contribution in [0.5, 0.6) is 0 Å². The van der Waals surface area contributed by atoms with Gasteiger partial charge in [-0.2, -0.15) is 0 Å². The first-order chi connectivity index (χ1) is 17.1. The van der Waals surface area contributed by atoms with Crippen LogP contribution in [-0.2, 0) is 11.3 Å². The molecule has 0 unspecified atom stereocenters. The van der Waals surface area contributed by atoms with Gasteiger partial charge in [0.05, 0.1) is 30.4 Å². The average molecular weight is 481 g/mol. The van der Waals surface area contributed by atoms with Crippen molar-refractivity contribution < 1.29 is 9.53 Å². The Labute approximate surface area is 207 Å². The van der Waals surface area contributed by atoms with E-state index in [1.807, 2.05) is 42.6 Å². The highest BCUT2D eigenvalue weighted by molar-refractivity contribution is 7.17. The van der Waals surface area contributed by atoms with Crippen molar-refractivity contribution >= 4 is 27.5 Å². The number of thiophene rings is 1. The topological polar surface area (TPSA) is 61.2 Å². The van der Waals surface area contributed by atoms with E-state index in [1.54, 1.807) is 23.0 Å².